The monoisotopic (exact) mass is 339 g/mol. The van der Waals surface area contributed by atoms with Crippen molar-refractivity contribution in [1.29, 1.82) is 0 Å². The Morgan fingerprint density at radius 1 is 1.47 bits per heavy atom. The minimum Gasteiger partial charge on any atom is -0.334 e. The molecular formula is C14H18BrN3S. The molecule has 0 fully saturated rings. The topological polar surface area (TPSA) is 43.8 Å². The van der Waals surface area contributed by atoms with E-state index in [0.717, 1.165) is 29.0 Å². The van der Waals surface area contributed by atoms with E-state index in [-0.39, 0.29) is 6.04 Å². The number of benzene rings is 1. The van der Waals surface area contributed by atoms with E-state index in [9.17, 15) is 0 Å². The lowest BCUT2D eigenvalue weighted by atomic mass is 10.3. The Morgan fingerprint density at radius 2 is 2.32 bits per heavy atom. The number of nitrogens with zero attached hydrogens (tertiary/aromatic N) is 2. The molecule has 0 bridgehead atoms. The second-order valence-electron chi connectivity index (χ2n) is 4.35. The third-order valence-electron chi connectivity index (χ3n) is 2.77. The molecule has 2 N–H and O–H groups in total. The predicted octanol–water partition coefficient (Wildman–Crippen LogP) is 3.85. The normalized spacial score (nSPS) is 12.6. The highest BCUT2D eigenvalue weighted by atomic mass is 79.9. The molecule has 0 radical (unpaired) electrons. The molecule has 0 spiro atoms. The highest BCUT2D eigenvalue weighted by molar-refractivity contribution is 9.10. The number of aryl methyl sites for hydroxylation is 1. The van der Waals surface area contributed by atoms with Crippen molar-refractivity contribution in [2.24, 2.45) is 5.73 Å². The zero-order valence-electron chi connectivity index (χ0n) is 10.9. The van der Waals surface area contributed by atoms with Crippen molar-refractivity contribution in [3.8, 4) is 0 Å². The van der Waals surface area contributed by atoms with Gasteiger partial charge in [0.05, 0.1) is 6.04 Å². The first-order chi connectivity index (χ1) is 9.20. The third kappa shape index (κ3) is 4.09. The summed E-state index contributed by atoms with van der Waals surface area (Å²) in [5.74, 6) is 1.81. The van der Waals surface area contributed by atoms with Gasteiger partial charge in [-0.2, -0.15) is 0 Å². The van der Waals surface area contributed by atoms with E-state index in [1.54, 1.807) is 11.8 Å². The number of imidazole rings is 1. The summed E-state index contributed by atoms with van der Waals surface area (Å²) in [5.41, 5.74) is 6.24. The fourth-order valence-electron chi connectivity index (χ4n) is 1.90. The zero-order valence-corrected chi connectivity index (χ0v) is 13.3. The Morgan fingerprint density at radius 3 is 3.05 bits per heavy atom. The van der Waals surface area contributed by atoms with Crippen LogP contribution in [-0.2, 0) is 6.54 Å². The van der Waals surface area contributed by atoms with Gasteiger partial charge in [0.25, 0.3) is 0 Å². The SMILES string of the molecule is CCCn1ccnc1C(N)CSc1cccc(Br)c1. The molecule has 1 atom stereocenters. The molecule has 1 unspecified atom stereocenters. The predicted molar refractivity (Wildman–Crippen MR) is 84.3 cm³/mol. The van der Waals surface area contributed by atoms with Crippen LogP contribution in [0.2, 0.25) is 0 Å². The van der Waals surface area contributed by atoms with Gasteiger partial charge in [-0.3, -0.25) is 0 Å². The molecule has 0 saturated carbocycles. The van der Waals surface area contributed by atoms with Gasteiger partial charge < -0.3 is 10.3 Å². The van der Waals surface area contributed by atoms with Gasteiger partial charge in [-0.05, 0) is 24.6 Å². The highest BCUT2D eigenvalue weighted by Crippen LogP contribution is 2.25. The molecule has 102 valence electrons. The van der Waals surface area contributed by atoms with E-state index in [0.29, 0.717) is 0 Å². The molecule has 2 aromatic rings. The molecule has 1 aromatic heterocycles. The molecule has 19 heavy (non-hydrogen) atoms. The van der Waals surface area contributed by atoms with Crippen LogP contribution in [0.25, 0.3) is 0 Å². The van der Waals surface area contributed by atoms with E-state index in [1.807, 2.05) is 24.5 Å². The first-order valence-electron chi connectivity index (χ1n) is 6.35. The second-order valence-corrected chi connectivity index (χ2v) is 6.36. The Balaban J connectivity index is 1.97. The van der Waals surface area contributed by atoms with Crippen LogP contribution < -0.4 is 5.73 Å². The lowest BCUT2D eigenvalue weighted by molar-refractivity contribution is 0.603. The molecule has 0 aliphatic heterocycles. The van der Waals surface area contributed by atoms with Crippen LogP contribution in [0, 0.1) is 0 Å². The third-order valence-corrected chi connectivity index (χ3v) is 4.38. The van der Waals surface area contributed by atoms with Gasteiger partial charge in [0.1, 0.15) is 5.82 Å². The minimum atomic E-state index is -0.0365. The van der Waals surface area contributed by atoms with E-state index >= 15 is 0 Å². The van der Waals surface area contributed by atoms with Crippen molar-refractivity contribution in [1.82, 2.24) is 9.55 Å². The molecule has 1 aromatic carbocycles. The maximum Gasteiger partial charge on any atom is 0.126 e. The van der Waals surface area contributed by atoms with Gasteiger partial charge >= 0.3 is 0 Å². The summed E-state index contributed by atoms with van der Waals surface area (Å²) in [7, 11) is 0. The Labute approximate surface area is 126 Å². The van der Waals surface area contributed by atoms with Gasteiger partial charge in [0.15, 0.2) is 0 Å². The summed E-state index contributed by atoms with van der Waals surface area (Å²) in [6.45, 7) is 3.14. The van der Waals surface area contributed by atoms with E-state index in [1.165, 1.54) is 4.90 Å². The van der Waals surface area contributed by atoms with Crippen molar-refractivity contribution in [2.75, 3.05) is 5.75 Å². The fourth-order valence-corrected chi connectivity index (χ4v) is 3.35. The molecule has 1 heterocycles. The molecule has 3 nitrogen and oxygen atoms in total. The van der Waals surface area contributed by atoms with Crippen LogP contribution in [-0.4, -0.2) is 15.3 Å². The van der Waals surface area contributed by atoms with E-state index < -0.39 is 0 Å². The van der Waals surface area contributed by atoms with Crippen molar-refractivity contribution < 1.29 is 0 Å². The number of nitrogens with two attached hydrogens (primary N) is 1. The second kappa shape index (κ2) is 7.12. The van der Waals surface area contributed by atoms with Crippen molar-refractivity contribution in [3.05, 3.63) is 47.0 Å². The molecule has 2 rings (SSSR count). The van der Waals surface area contributed by atoms with Gasteiger partial charge in [-0.25, -0.2) is 4.98 Å². The van der Waals surface area contributed by atoms with E-state index in [4.69, 9.17) is 5.73 Å². The summed E-state index contributed by atoms with van der Waals surface area (Å²) >= 11 is 5.24. The Kier molecular flexibility index (Phi) is 5.48. The van der Waals surface area contributed by atoms with Crippen molar-refractivity contribution in [3.63, 3.8) is 0 Å². The number of thioether (sulfide) groups is 1. The number of hydrogen-bond donors (Lipinski definition) is 1. The molecule has 5 heteroatoms. The largest absolute Gasteiger partial charge is 0.334 e. The molecule has 0 aliphatic carbocycles. The molecular weight excluding hydrogens is 322 g/mol. The maximum atomic E-state index is 6.24. The number of aromatic nitrogens is 2. The van der Waals surface area contributed by atoms with Crippen LogP contribution in [0.1, 0.15) is 25.2 Å². The smallest absolute Gasteiger partial charge is 0.126 e. The summed E-state index contributed by atoms with van der Waals surface area (Å²) < 4.78 is 3.24. The summed E-state index contributed by atoms with van der Waals surface area (Å²) in [6.07, 6.45) is 4.92. The van der Waals surface area contributed by atoms with Gasteiger partial charge in [-0.15, -0.1) is 11.8 Å². The standard InChI is InChI=1S/C14H18BrN3S/c1-2-7-18-8-6-17-14(18)13(16)10-19-12-5-3-4-11(15)9-12/h3-6,8-9,13H,2,7,10,16H2,1H3. The average molecular weight is 340 g/mol. The average Bonchev–Trinajstić information content (AvgIpc) is 2.85. The Bertz CT molecular complexity index is 527. The number of hydrogen-bond acceptors (Lipinski definition) is 3. The molecule has 0 aliphatic rings. The highest BCUT2D eigenvalue weighted by Gasteiger charge is 2.12. The van der Waals surface area contributed by atoms with Crippen molar-refractivity contribution in [2.45, 2.75) is 30.8 Å². The molecule has 0 amide bonds. The maximum absolute atomic E-state index is 6.24. The first-order valence-corrected chi connectivity index (χ1v) is 8.13. The first kappa shape index (κ1) is 14.6. The van der Waals surface area contributed by atoms with Crippen LogP contribution in [0.4, 0.5) is 0 Å². The van der Waals surface area contributed by atoms with Gasteiger partial charge in [0.2, 0.25) is 0 Å². The summed E-state index contributed by atoms with van der Waals surface area (Å²) in [6, 6.07) is 8.23. The van der Waals surface area contributed by atoms with Crippen LogP contribution in [0.3, 0.4) is 0 Å². The van der Waals surface area contributed by atoms with Crippen molar-refractivity contribution >= 4 is 27.7 Å². The number of rotatable bonds is 6. The molecule has 0 saturated heterocycles. The quantitative estimate of drug-likeness (QED) is 0.813. The fraction of sp³-hybridized carbons (Fsp3) is 0.357. The lowest BCUT2D eigenvalue weighted by Crippen LogP contribution is -2.18. The zero-order chi connectivity index (χ0) is 13.7. The van der Waals surface area contributed by atoms with Gasteiger partial charge in [0, 0.05) is 34.1 Å². The summed E-state index contributed by atoms with van der Waals surface area (Å²) in [5, 5.41) is 0. The summed E-state index contributed by atoms with van der Waals surface area (Å²) in [4.78, 5) is 5.60. The van der Waals surface area contributed by atoms with Gasteiger partial charge in [-0.1, -0.05) is 28.9 Å². The Hall–Kier alpha value is -0.780. The minimum absolute atomic E-state index is 0.0365. The van der Waals surface area contributed by atoms with E-state index in [2.05, 4.69) is 44.5 Å². The van der Waals surface area contributed by atoms with Crippen LogP contribution in [0.5, 0.6) is 0 Å². The van der Waals surface area contributed by atoms with Crippen LogP contribution >= 0.6 is 27.7 Å². The number of halogens is 1. The van der Waals surface area contributed by atoms with Crippen LogP contribution in [0.15, 0.2) is 46.0 Å². The lowest BCUT2D eigenvalue weighted by Gasteiger charge is -2.13.